The Morgan fingerprint density at radius 1 is 1.35 bits per heavy atom. The van der Waals surface area contributed by atoms with Crippen LogP contribution in [-0.2, 0) is 11.2 Å². The molecule has 1 rings (SSSR count). The lowest BCUT2D eigenvalue weighted by Gasteiger charge is -2.15. The fourth-order valence-corrected chi connectivity index (χ4v) is 1.57. The minimum atomic E-state index is -0.271. The smallest absolute Gasteiger partial charge is 0.151 e. The number of nitrogens with one attached hydrogen (secondary N) is 1. The van der Waals surface area contributed by atoms with E-state index < -0.39 is 0 Å². The van der Waals surface area contributed by atoms with E-state index in [9.17, 15) is 9.18 Å². The van der Waals surface area contributed by atoms with Crippen molar-refractivity contribution >= 4 is 5.78 Å². The van der Waals surface area contributed by atoms with Crippen LogP contribution in [0.15, 0.2) is 24.3 Å². The van der Waals surface area contributed by atoms with Crippen LogP contribution >= 0.6 is 0 Å². The summed E-state index contributed by atoms with van der Waals surface area (Å²) in [5.74, 6) is -0.123. The molecule has 0 amide bonds. The van der Waals surface area contributed by atoms with Crippen LogP contribution in [0.1, 0.15) is 5.56 Å². The molecule has 17 heavy (non-hydrogen) atoms. The molecule has 0 bridgehead atoms. The zero-order valence-electron chi connectivity index (χ0n) is 10.4. The molecular weight excluding hydrogens is 219 g/mol. The van der Waals surface area contributed by atoms with Crippen molar-refractivity contribution in [2.24, 2.45) is 0 Å². The van der Waals surface area contributed by atoms with Crippen molar-refractivity contribution in [2.75, 3.05) is 33.7 Å². The van der Waals surface area contributed by atoms with Crippen LogP contribution in [0.3, 0.4) is 0 Å². The van der Waals surface area contributed by atoms with E-state index in [1.165, 1.54) is 12.1 Å². The molecule has 0 aliphatic rings. The van der Waals surface area contributed by atoms with Crippen molar-refractivity contribution < 1.29 is 9.18 Å². The van der Waals surface area contributed by atoms with Gasteiger partial charge >= 0.3 is 0 Å². The Labute approximate surface area is 102 Å². The van der Waals surface area contributed by atoms with E-state index in [0.717, 1.165) is 18.7 Å². The average molecular weight is 238 g/mol. The van der Waals surface area contributed by atoms with Crippen LogP contribution in [0.25, 0.3) is 0 Å². The summed E-state index contributed by atoms with van der Waals surface area (Å²) < 4.78 is 12.7. The SMILES string of the molecule is CNCCN(C)CC(=O)Cc1ccc(F)cc1. The molecule has 0 atom stereocenters. The highest BCUT2D eigenvalue weighted by molar-refractivity contribution is 5.82. The van der Waals surface area contributed by atoms with Gasteiger partial charge in [-0.1, -0.05) is 12.1 Å². The standard InChI is InChI=1S/C13H19FN2O/c1-15-7-8-16(2)10-13(17)9-11-3-5-12(14)6-4-11/h3-6,15H,7-10H2,1-2H3. The van der Waals surface area contributed by atoms with Crippen molar-refractivity contribution in [1.82, 2.24) is 10.2 Å². The predicted octanol–water partition coefficient (Wildman–Crippen LogP) is 1.09. The number of likely N-dealkylation sites (N-methyl/N-ethyl adjacent to an activating group) is 2. The van der Waals surface area contributed by atoms with Crippen LogP contribution in [0.5, 0.6) is 0 Å². The van der Waals surface area contributed by atoms with E-state index in [4.69, 9.17) is 0 Å². The number of hydrogen-bond donors (Lipinski definition) is 1. The van der Waals surface area contributed by atoms with Crippen molar-refractivity contribution in [2.45, 2.75) is 6.42 Å². The van der Waals surface area contributed by atoms with Crippen LogP contribution in [0.2, 0.25) is 0 Å². The van der Waals surface area contributed by atoms with Crippen LogP contribution < -0.4 is 5.32 Å². The first kappa shape index (κ1) is 13.8. The van der Waals surface area contributed by atoms with Crippen molar-refractivity contribution in [3.63, 3.8) is 0 Å². The van der Waals surface area contributed by atoms with Crippen LogP contribution in [0, 0.1) is 5.82 Å². The van der Waals surface area contributed by atoms with Gasteiger partial charge in [0.25, 0.3) is 0 Å². The Hall–Kier alpha value is -1.26. The first-order valence-electron chi connectivity index (χ1n) is 5.71. The topological polar surface area (TPSA) is 32.3 Å². The Kier molecular flexibility index (Phi) is 5.80. The molecule has 0 aliphatic carbocycles. The number of hydrogen-bond acceptors (Lipinski definition) is 3. The van der Waals surface area contributed by atoms with E-state index >= 15 is 0 Å². The summed E-state index contributed by atoms with van der Waals surface area (Å²) >= 11 is 0. The second kappa shape index (κ2) is 7.14. The molecule has 3 nitrogen and oxygen atoms in total. The number of rotatable bonds is 7. The quantitative estimate of drug-likeness (QED) is 0.771. The maximum Gasteiger partial charge on any atom is 0.151 e. The van der Waals surface area contributed by atoms with Gasteiger partial charge in [0, 0.05) is 19.5 Å². The van der Waals surface area contributed by atoms with E-state index in [0.29, 0.717) is 13.0 Å². The largest absolute Gasteiger partial charge is 0.318 e. The van der Waals surface area contributed by atoms with Gasteiger partial charge in [0.15, 0.2) is 5.78 Å². The van der Waals surface area contributed by atoms with Gasteiger partial charge in [0.1, 0.15) is 5.82 Å². The monoisotopic (exact) mass is 238 g/mol. The van der Waals surface area contributed by atoms with E-state index in [-0.39, 0.29) is 11.6 Å². The lowest BCUT2D eigenvalue weighted by Crippen LogP contribution is -2.32. The molecule has 0 saturated carbocycles. The molecule has 1 aromatic carbocycles. The molecular formula is C13H19FN2O. The Morgan fingerprint density at radius 2 is 2.00 bits per heavy atom. The molecule has 0 radical (unpaired) electrons. The number of benzene rings is 1. The van der Waals surface area contributed by atoms with Gasteiger partial charge in [0.2, 0.25) is 0 Å². The molecule has 0 unspecified atom stereocenters. The zero-order valence-corrected chi connectivity index (χ0v) is 10.4. The Bertz CT molecular complexity index is 351. The summed E-state index contributed by atoms with van der Waals surface area (Å²) in [5, 5.41) is 3.03. The maximum absolute atomic E-state index is 12.7. The van der Waals surface area contributed by atoms with E-state index in [2.05, 4.69) is 5.32 Å². The van der Waals surface area contributed by atoms with E-state index in [1.807, 2.05) is 19.0 Å². The van der Waals surface area contributed by atoms with Crippen LogP contribution in [0.4, 0.5) is 4.39 Å². The van der Waals surface area contributed by atoms with Crippen molar-refractivity contribution in [3.8, 4) is 0 Å². The summed E-state index contributed by atoms with van der Waals surface area (Å²) in [5.41, 5.74) is 0.860. The summed E-state index contributed by atoms with van der Waals surface area (Å²) in [7, 11) is 3.80. The highest BCUT2D eigenvalue weighted by Gasteiger charge is 2.07. The minimum Gasteiger partial charge on any atom is -0.318 e. The molecule has 0 aromatic heterocycles. The third kappa shape index (κ3) is 5.56. The summed E-state index contributed by atoms with van der Waals surface area (Å²) in [4.78, 5) is 13.7. The number of Topliss-reactive ketones (excluding diaryl/α,β-unsaturated/α-hetero) is 1. The molecule has 0 aliphatic heterocycles. The van der Waals surface area contributed by atoms with Gasteiger partial charge in [0.05, 0.1) is 6.54 Å². The molecule has 0 saturated heterocycles. The Balaban J connectivity index is 2.36. The first-order chi connectivity index (χ1) is 8.11. The predicted molar refractivity (Wildman–Crippen MR) is 66.5 cm³/mol. The highest BCUT2D eigenvalue weighted by Crippen LogP contribution is 2.04. The third-order valence-electron chi connectivity index (χ3n) is 2.50. The third-order valence-corrected chi connectivity index (χ3v) is 2.50. The summed E-state index contributed by atoms with van der Waals surface area (Å²) in [6.45, 7) is 2.13. The normalized spacial score (nSPS) is 10.8. The molecule has 94 valence electrons. The number of carbonyl (C=O) groups is 1. The highest BCUT2D eigenvalue weighted by atomic mass is 19.1. The summed E-state index contributed by atoms with van der Waals surface area (Å²) in [6, 6.07) is 6.07. The van der Waals surface area contributed by atoms with Crippen molar-refractivity contribution in [3.05, 3.63) is 35.6 Å². The molecule has 0 heterocycles. The van der Waals surface area contributed by atoms with Crippen molar-refractivity contribution in [1.29, 1.82) is 0 Å². The summed E-state index contributed by atoms with van der Waals surface area (Å²) in [6.07, 6.45) is 0.365. The number of ketones is 1. The average Bonchev–Trinajstić information content (AvgIpc) is 2.29. The number of halogens is 1. The fourth-order valence-electron chi connectivity index (χ4n) is 1.57. The second-order valence-corrected chi connectivity index (χ2v) is 4.18. The molecule has 1 aromatic rings. The Morgan fingerprint density at radius 3 is 2.59 bits per heavy atom. The van der Waals surface area contributed by atoms with Gasteiger partial charge in [-0.15, -0.1) is 0 Å². The lowest BCUT2D eigenvalue weighted by molar-refractivity contribution is -0.119. The number of carbonyl (C=O) groups excluding carboxylic acids is 1. The van der Waals surface area contributed by atoms with Gasteiger partial charge < -0.3 is 5.32 Å². The molecule has 0 fully saturated rings. The maximum atomic E-state index is 12.7. The molecule has 0 spiro atoms. The van der Waals surface area contributed by atoms with Gasteiger partial charge in [-0.2, -0.15) is 0 Å². The molecule has 1 N–H and O–H groups in total. The number of nitrogens with zero attached hydrogens (tertiary/aromatic N) is 1. The van der Waals surface area contributed by atoms with Gasteiger partial charge in [-0.3, -0.25) is 9.69 Å². The zero-order chi connectivity index (χ0) is 12.7. The van der Waals surface area contributed by atoms with Gasteiger partial charge in [-0.05, 0) is 31.8 Å². The van der Waals surface area contributed by atoms with Gasteiger partial charge in [-0.25, -0.2) is 4.39 Å². The van der Waals surface area contributed by atoms with Crippen LogP contribution in [-0.4, -0.2) is 44.4 Å². The first-order valence-corrected chi connectivity index (χ1v) is 5.71. The fraction of sp³-hybridized carbons (Fsp3) is 0.462. The molecule has 4 heteroatoms. The minimum absolute atomic E-state index is 0.148. The van der Waals surface area contributed by atoms with E-state index in [1.54, 1.807) is 12.1 Å². The second-order valence-electron chi connectivity index (χ2n) is 4.18. The lowest BCUT2D eigenvalue weighted by atomic mass is 10.1.